The third-order valence-corrected chi connectivity index (χ3v) is 5.43. The number of hydrogen-bond acceptors (Lipinski definition) is 3. The minimum atomic E-state index is -4.59. The number of halogens is 3. The lowest BCUT2D eigenvalue weighted by Crippen LogP contribution is -2.36. The molecular formula is C14H18ClF2NO2S. The average molecular weight is 338 g/mol. The first-order valence-corrected chi connectivity index (χ1v) is 8.97. The van der Waals surface area contributed by atoms with E-state index in [0.717, 1.165) is 19.3 Å². The van der Waals surface area contributed by atoms with Crippen molar-refractivity contribution in [1.82, 2.24) is 0 Å². The summed E-state index contributed by atoms with van der Waals surface area (Å²) in [7, 11) is -4.59. The molecule has 1 saturated heterocycles. The molecule has 21 heavy (non-hydrogen) atoms. The van der Waals surface area contributed by atoms with Gasteiger partial charge in [-0.2, -0.15) is 8.78 Å². The zero-order valence-corrected chi connectivity index (χ0v) is 13.1. The summed E-state index contributed by atoms with van der Waals surface area (Å²) in [5.74, 6) is -2.48. The number of rotatable bonds is 5. The molecule has 1 heterocycles. The molecule has 0 radical (unpaired) electrons. The van der Waals surface area contributed by atoms with Crippen LogP contribution in [0.3, 0.4) is 0 Å². The van der Waals surface area contributed by atoms with Crippen LogP contribution in [0.25, 0.3) is 0 Å². The van der Waals surface area contributed by atoms with Crippen molar-refractivity contribution in [2.75, 3.05) is 23.9 Å². The van der Waals surface area contributed by atoms with Crippen LogP contribution in [0, 0.1) is 5.92 Å². The van der Waals surface area contributed by atoms with Crippen molar-refractivity contribution in [1.29, 1.82) is 0 Å². The highest BCUT2D eigenvalue weighted by Gasteiger charge is 2.31. The number of piperidine rings is 1. The fourth-order valence-corrected chi connectivity index (χ4v) is 3.99. The van der Waals surface area contributed by atoms with E-state index >= 15 is 0 Å². The van der Waals surface area contributed by atoms with Gasteiger partial charge in [0.15, 0.2) is 0 Å². The van der Waals surface area contributed by atoms with Crippen LogP contribution in [0.1, 0.15) is 19.3 Å². The molecule has 3 nitrogen and oxygen atoms in total. The molecule has 0 bridgehead atoms. The minimum Gasteiger partial charge on any atom is -0.370 e. The molecule has 0 aliphatic carbocycles. The van der Waals surface area contributed by atoms with Crippen LogP contribution < -0.4 is 4.90 Å². The molecule has 1 fully saturated rings. The van der Waals surface area contributed by atoms with Crippen molar-refractivity contribution in [2.45, 2.75) is 29.9 Å². The summed E-state index contributed by atoms with van der Waals surface area (Å²) in [5, 5.41) is 0. The largest absolute Gasteiger partial charge is 0.370 e. The monoisotopic (exact) mass is 337 g/mol. The van der Waals surface area contributed by atoms with E-state index in [1.807, 2.05) is 4.90 Å². The maximum atomic E-state index is 12.8. The molecule has 0 N–H and O–H groups in total. The number of nitrogens with zero attached hydrogens (tertiary/aromatic N) is 1. The Kier molecular flexibility index (Phi) is 5.43. The highest BCUT2D eigenvalue weighted by Crippen LogP contribution is 2.32. The SMILES string of the molecule is O=S(=O)(c1ccccc1N1CCCC(CCCl)C1)C(F)F. The van der Waals surface area contributed by atoms with Gasteiger partial charge in [0.2, 0.25) is 9.84 Å². The van der Waals surface area contributed by atoms with Crippen molar-refractivity contribution in [3.05, 3.63) is 24.3 Å². The summed E-state index contributed by atoms with van der Waals surface area (Å²) in [6.07, 6.45) is 2.79. The van der Waals surface area contributed by atoms with Gasteiger partial charge < -0.3 is 4.90 Å². The summed E-state index contributed by atoms with van der Waals surface area (Å²) in [6.45, 7) is 1.33. The van der Waals surface area contributed by atoms with Gasteiger partial charge in [-0.15, -0.1) is 11.6 Å². The molecule has 0 aromatic heterocycles. The fourth-order valence-electron chi connectivity index (χ4n) is 2.73. The van der Waals surface area contributed by atoms with Gasteiger partial charge in [0, 0.05) is 19.0 Å². The Balaban J connectivity index is 2.32. The molecule has 1 aromatic rings. The molecule has 1 aliphatic heterocycles. The van der Waals surface area contributed by atoms with E-state index in [0.29, 0.717) is 30.6 Å². The molecular weight excluding hydrogens is 320 g/mol. The molecule has 118 valence electrons. The van der Waals surface area contributed by atoms with Gasteiger partial charge in [-0.25, -0.2) is 8.42 Å². The first kappa shape index (κ1) is 16.5. The van der Waals surface area contributed by atoms with Crippen molar-refractivity contribution in [3.8, 4) is 0 Å². The molecule has 7 heteroatoms. The van der Waals surface area contributed by atoms with Gasteiger partial charge in [0.05, 0.1) is 10.6 Å². The van der Waals surface area contributed by atoms with Crippen LogP contribution in [0.5, 0.6) is 0 Å². The molecule has 1 aliphatic rings. The number of sulfone groups is 1. The second-order valence-corrected chi connectivity index (χ2v) is 7.47. The second-order valence-electron chi connectivity index (χ2n) is 5.21. The van der Waals surface area contributed by atoms with E-state index in [2.05, 4.69) is 0 Å². The molecule has 0 saturated carbocycles. The van der Waals surface area contributed by atoms with Crippen LogP contribution in [0.4, 0.5) is 14.5 Å². The first-order valence-electron chi connectivity index (χ1n) is 6.89. The van der Waals surface area contributed by atoms with E-state index < -0.39 is 15.6 Å². The van der Waals surface area contributed by atoms with E-state index in [1.165, 1.54) is 12.1 Å². The molecule has 1 aromatic carbocycles. The predicted molar refractivity (Wildman–Crippen MR) is 79.9 cm³/mol. The molecule has 1 unspecified atom stereocenters. The first-order chi connectivity index (χ1) is 9.96. The number of hydrogen-bond donors (Lipinski definition) is 0. The third-order valence-electron chi connectivity index (χ3n) is 3.78. The second kappa shape index (κ2) is 6.92. The lowest BCUT2D eigenvalue weighted by Gasteiger charge is -2.35. The average Bonchev–Trinajstić information content (AvgIpc) is 2.48. The number of alkyl halides is 3. The van der Waals surface area contributed by atoms with Gasteiger partial charge in [-0.3, -0.25) is 0 Å². The van der Waals surface area contributed by atoms with Crippen LogP contribution in [-0.4, -0.2) is 33.1 Å². The third kappa shape index (κ3) is 3.66. The van der Waals surface area contributed by atoms with Gasteiger partial charge >= 0.3 is 5.76 Å². The number of para-hydroxylation sites is 1. The fraction of sp³-hybridized carbons (Fsp3) is 0.571. The van der Waals surface area contributed by atoms with Crippen molar-refractivity contribution in [2.24, 2.45) is 5.92 Å². The Morgan fingerprint density at radius 3 is 2.71 bits per heavy atom. The normalized spacial score (nSPS) is 20.0. The van der Waals surface area contributed by atoms with Gasteiger partial charge in [-0.1, -0.05) is 12.1 Å². The summed E-state index contributed by atoms with van der Waals surface area (Å²) >= 11 is 5.76. The topological polar surface area (TPSA) is 37.4 Å². The van der Waals surface area contributed by atoms with Crippen molar-refractivity contribution in [3.63, 3.8) is 0 Å². The quantitative estimate of drug-likeness (QED) is 0.771. The zero-order valence-electron chi connectivity index (χ0n) is 11.5. The summed E-state index contributed by atoms with van der Waals surface area (Å²) in [5.41, 5.74) is 0.372. The summed E-state index contributed by atoms with van der Waals surface area (Å²) in [6, 6.07) is 5.99. The van der Waals surface area contributed by atoms with Crippen LogP contribution >= 0.6 is 11.6 Å². The molecule has 1 atom stereocenters. The van der Waals surface area contributed by atoms with Crippen molar-refractivity contribution < 1.29 is 17.2 Å². The van der Waals surface area contributed by atoms with Gasteiger partial charge in [0.1, 0.15) is 0 Å². The predicted octanol–water partition coefficient (Wildman–Crippen LogP) is 3.53. The summed E-state index contributed by atoms with van der Waals surface area (Å²) < 4.78 is 49.2. The lowest BCUT2D eigenvalue weighted by molar-refractivity contribution is 0.234. The maximum absolute atomic E-state index is 12.8. The van der Waals surface area contributed by atoms with Gasteiger partial charge in [-0.05, 0) is 37.3 Å². The molecule has 2 rings (SSSR count). The van der Waals surface area contributed by atoms with Gasteiger partial charge in [0.25, 0.3) is 0 Å². The minimum absolute atomic E-state index is 0.286. The van der Waals surface area contributed by atoms with E-state index in [1.54, 1.807) is 12.1 Å². The molecule has 0 amide bonds. The number of anilines is 1. The standard InChI is InChI=1S/C14H18ClF2NO2S/c15-8-7-11-4-3-9-18(10-11)12-5-1-2-6-13(12)21(19,20)14(16)17/h1-2,5-6,11,14H,3-4,7-10H2. The zero-order chi connectivity index (χ0) is 15.5. The Labute approximate surface area is 128 Å². The van der Waals surface area contributed by atoms with E-state index in [4.69, 9.17) is 11.6 Å². The maximum Gasteiger partial charge on any atom is 0.341 e. The van der Waals surface area contributed by atoms with E-state index in [9.17, 15) is 17.2 Å². The Morgan fingerprint density at radius 2 is 2.05 bits per heavy atom. The smallest absolute Gasteiger partial charge is 0.341 e. The number of benzene rings is 1. The van der Waals surface area contributed by atoms with Crippen LogP contribution in [0.2, 0.25) is 0 Å². The molecule has 0 spiro atoms. The lowest BCUT2D eigenvalue weighted by atomic mass is 9.95. The Hall–Kier alpha value is -0.880. The van der Waals surface area contributed by atoms with E-state index in [-0.39, 0.29) is 4.90 Å². The Bertz CT molecular complexity index is 578. The van der Waals surface area contributed by atoms with Crippen LogP contribution in [0.15, 0.2) is 29.2 Å². The highest BCUT2D eigenvalue weighted by molar-refractivity contribution is 7.91. The Morgan fingerprint density at radius 1 is 1.33 bits per heavy atom. The highest BCUT2D eigenvalue weighted by atomic mass is 35.5. The van der Waals surface area contributed by atoms with Crippen LogP contribution in [-0.2, 0) is 9.84 Å². The summed E-state index contributed by atoms with van der Waals surface area (Å²) in [4.78, 5) is 1.60. The van der Waals surface area contributed by atoms with Crippen molar-refractivity contribution >= 4 is 27.1 Å².